The lowest BCUT2D eigenvalue weighted by Crippen LogP contribution is -2.47. The van der Waals surface area contributed by atoms with Gasteiger partial charge in [0, 0.05) is 32.0 Å². The van der Waals surface area contributed by atoms with E-state index >= 15 is 0 Å². The van der Waals surface area contributed by atoms with Crippen LogP contribution >= 0.6 is 0 Å². The van der Waals surface area contributed by atoms with E-state index in [0.717, 1.165) is 24.2 Å². The summed E-state index contributed by atoms with van der Waals surface area (Å²) in [5.74, 6) is 1.34. The second kappa shape index (κ2) is 5.49. The van der Waals surface area contributed by atoms with Crippen molar-refractivity contribution < 1.29 is 9.84 Å². The van der Waals surface area contributed by atoms with Crippen molar-refractivity contribution >= 4 is 11.8 Å². The first kappa shape index (κ1) is 13.0. The highest BCUT2D eigenvalue weighted by Gasteiger charge is 2.32. The van der Waals surface area contributed by atoms with Crippen LogP contribution in [0.1, 0.15) is 18.4 Å². The lowest BCUT2D eigenvalue weighted by atomic mass is 9.91. The Morgan fingerprint density at radius 2 is 2.17 bits per heavy atom. The Labute approximate surface area is 107 Å². The Kier molecular flexibility index (Phi) is 3.98. The van der Waals surface area contributed by atoms with Crippen molar-refractivity contribution in [1.29, 1.82) is 0 Å². The van der Waals surface area contributed by atoms with E-state index in [9.17, 15) is 5.11 Å². The van der Waals surface area contributed by atoms with E-state index in [4.69, 9.17) is 4.74 Å². The first-order valence-electron chi connectivity index (χ1n) is 6.17. The van der Waals surface area contributed by atoms with E-state index in [0.29, 0.717) is 19.2 Å². The van der Waals surface area contributed by atoms with Crippen LogP contribution in [-0.2, 0) is 4.74 Å². The van der Waals surface area contributed by atoms with Crippen molar-refractivity contribution in [3.05, 3.63) is 11.8 Å². The van der Waals surface area contributed by atoms with Gasteiger partial charge in [-0.1, -0.05) is 0 Å². The number of hydrogen-bond donors (Lipinski definition) is 3. The Morgan fingerprint density at radius 3 is 2.78 bits per heavy atom. The van der Waals surface area contributed by atoms with E-state index in [1.165, 1.54) is 0 Å². The highest BCUT2D eigenvalue weighted by atomic mass is 16.5. The van der Waals surface area contributed by atoms with E-state index in [1.807, 2.05) is 6.92 Å². The van der Waals surface area contributed by atoms with Gasteiger partial charge in [-0.2, -0.15) is 4.98 Å². The Balaban J connectivity index is 2.20. The van der Waals surface area contributed by atoms with E-state index in [1.54, 1.807) is 13.2 Å². The Morgan fingerprint density at radius 1 is 1.44 bits per heavy atom. The molecule has 0 spiro atoms. The van der Waals surface area contributed by atoms with Crippen LogP contribution in [0.25, 0.3) is 0 Å². The minimum atomic E-state index is -0.331. The number of aromatic nitrogens is 2. The molecule has 0 bridgehead atoms. The quantitative estimate of drug-likeness (QED) is 0.735. The molecule has 1 aromatic rings. The first-order valence-corrected chi connectivity index (χ1v) is 6.17. The number of aliphatic hydroxyl groups is 1. The monoisotopic (exact) mass is 252 g/mol. The third kappa shape index (κ3) is 2.70. The maximum atomic E-state index is 9.64. The zero-order chi connectivity index (χ0) is 13.0. The highest BCUT2D eigenvalue weighted by molar-refractivity contribution is 5.48. The lowest BCUT2D eigenvalue weighted by molar-refractivity contribution is 0.0378. The summed E-state index contributed by atoms with van der Waals surface area (Å²) >= 11 is 0. The second-order valence-electron chi connectivity index (χ2n) is 4.65. The molecule has 1 saturated heterocycles. The summed E-state index contributed by atoms with van der Waals surface area (Å²) in [6, 6.07) is 0. The molecule has 2 heterocycles. The van der Waals surface area contributed by atoms with E-state index in [2.05, 4.69) is 20.6 Å². The average molecular weight is 252 g/mol. The fraction of sp³-hybridized carbons (Fsp3) is 0.667. The van der Waals surface area contributed by atoms with Gasteiger partial charge in [-0.05, 0) is 19.8 Å². The average Bonchev–Trinajstić information content (AvgIpc) is 2.42. The van der Waals surface area contributed by atoms with Gasteiger partial charge in [0.05, 0.1) is 12.1 Å². The van der Waals surface area contributed by atoms with Crippen molar-refractivity contribution in [3.8, 4) is 0 Å². The minimum Gasteiger partial charge on any atom is -0.394 e. The molecule has 18 heavy (non-hydrogen) atoms. The maximum absolute atomic E-state index is 9.64. The third-order valence-corrected chi connectivity index (χ3v) is 3.33. The lowest BCUT2D eigenvalue weighted by Gasteiger charge is -2.37. The van der Waals surface area contributed by atoms with Crippen LogP contribution in [0.5, 0.6) is 0 Å². The summed E-state index contributed by atoms with van der Waals surface area (Å²) in [7, 11) is 1.78. The van der Waals surface area contributed by atoms with E-state index in [-0.39, 0.29) is 12.1 Å². The van der Waals surface area contributed by atoms with Crippen LogP contribution in [0.4, 0.5) is 11.8 Å². The van der Waals surface area contributed by atoms with Gasteiger partial charge in [-0.25, -0.2) is 4.98 Å². The molecular weight excluding hydrogens is 232 g/mol. The molecule has 3 N–H and O–H groups in total. The van der Waals surface area contributed by atoms with Crippen LogP contribution in [0, 0.1) is 6.92 Å². The molecule has 0 amide bonds. The van der Waals surface area contributed by atoms with Crippen LogP contribution < -0.4 is 10.6 Å². The number of nitrogens with zero attached hydrogens (tertiary/aromatic N) is 2. The first-order chi connectivity index (χ1) is 8.69. The molecular formula is C12H20N4O2. The van der Waals surface area contributed by atoms with Gasteiger partial charge in [-0.3, -0.25) is 0 Å². The zero-order valence-corrected chi connectivity index (χ0v) is 10.9. The predicted octanol–water partition coefficient (Wildman–Crippen LogP) is 0.780. The highest BCUT2D eigenvalue weighted by Crippen LogP contribution is 2.26. The molecule has 1 aromatic heterocycles. The largest absolute Gasteiger partial charge is 0.394 e. The summed E-state index contributed by atoms with van der Waals surface area (Å²) in [6.07, 6.45) is 3.33. The Hall–Kier alpha value is -1.40. The van der Waals surface area contributed by atoms with Gasteiger partial charge < -0.3 is 20.5 Å². The molecule has 2 rings (SSSR count). The Bertz CT molecular complexity index is 405. The van der Waals surface area contributed by atoms with Gasteiger partial charge in [0.15, 0.2) is 0 Å². The van der Waals surface area contributed by atoms with Gasteiger partial charge in [0.25, 0.3) is 0 Å². The van der Waals surface area contributed by atoms with Crippen molar-refractivity contribution in [3.63, 3.8) is 0 Å². The molecule has 0 radical (unpaired) electrons. The van der Waals surface area contributed by atoms with Gasteiger partial charge >= 0.3 is 0 Å². The summed E-state index contributed by atoms with van der Waals surface area (Å²) in [5, 5.41) is 15.9. The van der Waals surface area contributed by atoms with Gasteiger partial charge in [-0.15, -0.1) is 0 Å². The normalized spacial score (nSPS) is 18.4. The van der Waals surface area contributed by atoms with Crippen LogP contribution in [-0.4, -0.2) is 47.5 Å². The van der Waals surface area contributed by atoms with E-state index < -0.39 is 0 Å². The predicted molar refractivity (Wildman–Crippen MR) is 69.8 cm³/mol. The standard InChI is InChI=1S/C12H20N4O2/c1-9-7-14-11(13-2)15-10(9)16-12(8-17)3-5-18-6-4-12/h7,17H,3-6,8H2,1-2H3,(H2,13,14,15,16). The maximum Gasteiger partial charge on any atom is 0.224 e. The number of nitrogens with one attached hydrogen (secondary N) is 2. The third-order valence-electron chi connectivity index (χ3n) is 3.33. The van der Waals surface area contributed by atoms with Crippen molar-refractivity contribution in [2.45, 2.75) is 25.3 Å². The van der Waals surface area contributed by atoms with Gasteiger partial charge in [0.1, 0.15) is 5.82 Å². The molecule has 1 aliphatic heterocycles. The fourth-order valence-corrected chi connectivity index (χ4v) is 2.02. The second-order valence-corrected chi connectivity index (χ2v) is 4.65. The molecule has 6 nitrogen and oxygen atoms in total. The number of rotatable bonds is 4. The van der Waals surface area contributed by atoms with Crippen molar-refractivity contribution in [2.75, 3.05) is 37.5 Å². The van der Waals surface area contributed by atoms with Crippen LogP contribution in [0.15, 0.2) is 6.20 Å². The smallest absolute Gasteiger partial charge is 0.224 e. The number of ether oxygens (including phenoxy) is 1. The summed E-state index contributed by atoms with van der Waals surface area (Å²) in [5.41, 5.74) is 0.635. The molecule has 1 aliphatic rings. The molecule has 6 heteroatoms. The summed E-state index contributed by atoms with van der Waals surface area (Å²) < 4.78 is 5.34. The minimum absolute atomic E-state index is 0.0781. The molecule has 0 saturated carbocycles. The van der Waals surface area contributed by atoms with Crippen molar-refractivity contribution in [1.82, 2.24) is 9.97 Å². The molecule has 1 fully saturated rings. The molecule has 100 valence electrons. The fourth-order valence-electron chi connectivity index (χ4n) is 2.02. The van der Waals surface area contributed by atoms with Crippen molar-refractivity contribution in [2.24, 2.45) is 0 Å². The molecule has 0 unspecified atom stereocenters. The number of aryl methyl sites for hydroxylation is 1. The molecule has 0 aliphatic carbocycles. The van der Waals surface area contributed by atoms with Crippen LogP contribution in [0.2, 0.25) is 0 Å². The topological polar surface area (TPSA) is 79.3 Å². The zero-order valence-electron chi connectivity index (χ0n) is 10.9. The SMILES string of the molecule is CNc1ncc(C)c(NC2(CO)CCOCC2)n1. The van der Waals surface area contributed by atoms with Gasteiger partial charge in [0.2, 0.25) is 5.95 Å². The molecule has 0 atom stereocenters. The van der Waals surface area contributed by atoms with Crippen LogP contribution in [0.3, 0.4) is 0 Å². The summed E-state index contributed by atoms with van der Waals surface area (Å²) in [6.45, 7) is 3.36. The number of aliphatic hydroxyl groups excluding tert-OH is 1. The number of anilines is 2. The molecule has 0 aromatic carbocycles. The number of hydrogen-bond acceptors (Lipinski definition) is 6. The summed E-state index contributed by atoms with van der Waals surface area (Å²) in [4.78, 5) is 8.54.